The van der Waals surface area contributed by atoms with E-state index in [0.717, 1.165) is 32.5 Å². The summed E-state index contributed by atoms with van der Waals surface area (Å²) < 4.78 is 23.0. The molecule has 3 nitrogen and oxygen atoms in total. The number of nitrogens with zero attached hydrogens (tertiary/aromatic N) is 1. The molecule has 0 aliphatic carbocycles. The number of hydrogen-bond acceptors (Lipinski definition) is 3. The molecule has 0 atom stereocenters. The zero-order chi connectivity index (χ0) is 15.6. The van der Waals surface area contributed by atoms with E-state index in [1.54, 1.807) is 12.1 Å². The minimum atomic E-state index is -3.11. The molecule has 2 aromatic rings. The molecule has 0 fully saturated rings. The lowest BCUT2D eigenvalue weighted by atomic mass is 10.0. The molecule has 0 unspecified atom stereocenters. The van der Waals surface area contributed by atoms with E-state index >= 15 is 0 Å². The highest BCUT2D eigenvalue weighted by atomic mass is 32.2. The average Bonchev–Trinajstić information content (AvgIpc) is 2.70. The maximum absolute atomic E-state index is 11.5. The third-order valence-corrected chi connectivity index (χ3v) is 5.40. The highest BCUT2D eigenvalue weighted by molar-refractivity contribution is 7.90. The fraction of sp³-hybridized carbons (Fsp3) is 0.333. The van der Waals surface area contributed by atoms with Crippen LogP contribution in [0.25, 0.3) is 0 Å². The van der Waals surface area contributed by atoms with Crippen molar-refractivity contribution in [2.75, 3.05) is 19.3 Å². The predicted molar refractivity (Wildman–Crippen MR) is 88.7 cm³/mol. The van der Waals surface area contributed by atoms with Crippen LogP contribution in [0.3, 0.4) is 0 Å². The second kappa shape index (κ2) is 6.23. The number of sulfone groups is 1. The molecule has 1 aliphatic heterocycles. The van der Waals surface area contributed by atoms with Crippen LogP contribution < -0.4 is 0 Å². The fourth-order valence-electron chi connectivity index (χ4n) is 2.97. The van der Waals surface area contributed by atoms with Gasteiger partial charge in [0.25, 0.3) is 0 Å². The molecule has 2 aromatic carbocycles. The van der Waals surface area contributed by atoms with Crippen LogP contribution in [0.5, 0.6) is 0 Å². The van der Waals surface area contributed by atoms with Crippen molar-refractivity contribution < 1.29 is 8.42 Å². The van der Waals surface area contributed by atoms with Gasteiger partial charge in [0.2, 0.25) is 0 Å². The minimum Gasteiger partial charge on any atom is -0.298 e. The van der Waals surface area contributed by atoms with Crippen LogP contribution in [-0.4, -0.2) is 32.7 Å². The van der Waals surface area contributed by atoms with Gasteiger partial charge in [-0.3, -0.25) is 4.90 Å². The molecule has 0 N–H and O–H groups in total. The van der Waals surface area contributed by atoms with E-state index in [1.165, 1.54) is 22.9 Å². The second-order valence-corrected chi connectivity index (χ2v) is 7.98. The molecule has 1 heterocycles. The molecular formula is C18H21NO2S. The van der Waals surface area contributed by atoms with Gasteiger partial charge in [-0.2, -0.15) is 0 Å². The van der Waals surface area contributed by atoms with E-state index in [4.69, 9.17) is 0 Å². The SMILES string of the molecule is CS(=O)(=O)c1ccc(CN2CCc3ccccc3CC2)cc1. The summed E-state index contributed by atoms with van der Waals surface area (Å²) in [5.41, 5.74) is 4.08. The van der Waals surface area contributed by atoms with E-state index in [9.17, 15) is 8.42 Å². The van der Waals surface area contributed by atoms with Gasteiger partial charge >= 0.3 is 0 Å². The van der Waals surface area contributed by atoms with Crippen LogP contribution in [0.2, 0.25) is 0 Å². The predicted octanol–water partition coefficient (Wildman–Crippen LogP) is 2.69. The lowest BCUT2D eigenvalue weighted by Crippen LogP contribution is -2.25. The summed E-state index contributed by atoms with van der Waals surface area (Å²) in [6.45, 7) is 2.97. The molecule has 0 saturated carbocycles. The van der Waals surface area contributed by atoms with Crippen molar-refractivity contribution in [1.82, 2.24) is 4.90 Å². The Bertz CT molecular complexity index is 724. The van der Waals surface area contributed by atoms with Crippen molar-refractivity contribution in [2.45, 2.75) is 24.3 Å². The third-order valence-electron chi connectivity index (χ3n) is 4.27. The molecular weight excluding hydrogens is 294 g/mol. The molecule has 3 rings (SSSR count). The maximum Gasteiger partial charge on any atom is 0.175 e. The Balaban J connectivity index is 1.67. The van der Waals surface area contributed by atoms with E-state index in [-0.39, 0.29) is 0 Å². The van der Waals surface area contributed by atoms with Gasteiger partial charge in [0.05, 0.1) is 4.90 Å². The lowest BCUT2D eigenvalue weighted by Gasteiger charge is -2.19. The first-order valence-corrected chi connectivity index (χ1v) is 9.50. The van der Waals surface area contributed by atoms with Gasteiger partial charge in [-0.15, -0.1) is 0 Å². The van der Waals surface area contributed by atoms with Crippen molar-refractivity contribution in [2.24, 2.45) is 0 Å². The molecule has 0 radical (unpaired) electrons. The summed E-state index contributed by atoms with van der Waals surface area (Å²) in [5.74, 6) is 0. The summed E-state index contributed by atoms with van der Waals surface area (Å²) >= 11 is 0. The molecule has 22 heavy (non-hydrogen) atoms. The summed E-state index contributed by atoms with van der Waals surface area (Å²) in [4.78, 5) is 2.83. The molecule has 0 spiro atoms. The largest absolute Gasteiger partial charge is 0.298 e. The zero-order valence-electron chi connectivity index (χ0n) is 12.8. The van der Waals surface area contributed by atoms with Crippen LogP contribution in [0.15, 0.2) is 53.4 Å². The topological polar surface area (TPSA) is 37.4 Å². The van der Waals surface area contributed by atoms with Gasteiger partial charge < -0.3 is 0 Å². The van der Waals surface area contributed by atoms with E-state index < -0.39 is 9.84 Å². The standard InChI is InChI=1S/C18H21NO2S/c1-22(20,21)18-8-6-15(7-9-18)14-19-12-10-16-4-2-3-5-17(16)11-13-19/h2-9H,10-14H2,1H3. The molecule has 0 amide bonds. The summed E-state index contributed by atoms with van der Waals surface area (Å²) in [7, 11) is -3.11. The van der Waals surface area contributed by atoms with Crippen LogP contribution in [0.4, 0.5) is 0 Å². The maximum atomic E-state index is 11.5. The Labute approximate surface area is 132 Å². The normalized spacial score (nSPS) is 16.0. The first-order valence-electron chi connectivity index (χ1n) is 7.60. The van der Waals surface area contributed by atoms with E-state index in [0.29, 0.717) is 4.90 Å². The fourth-order valence-corrected chi connectivity index (χ4v) is 3.60. The Morgan fingerprint density at radius 2 is 1.45 bits per heavy atom. The number of hydrogen-bond donors (Lipinski definition) is 0. The molecule has 116 valence electrons. The summed E-state index contributed by atoms with van der Waals surface area (Å²) in [6, 6.07) is 15.9. The van der Waals surface area contributed by atoms with Gasteiger partial charge in [0.1, 0.15) is 0 Å². The van der Waals surface area contributed by atoms with E-state index in [1.807, 2.05) is 12.1 Å². The Morgan fingerprint density at radius 3 is 1.95 bits per heavy atom. The zero-order valence-corrected chi connectivity index (χ0v) is 13.6. The van der Waals surface area contributed by atoms with Crippen molar-refractivity contribution in [1.29, 1.82) is 0 Å². The number of benzene rings is 2. The number of fused-ring (bicyclic) bond motifs is 1. The van der Waals surface area contributed by atoms with Gasteiger partial charge in [0, 0.05) is 25.9 Å². The van der Waals surface area contributed by atoms with Crippen LogP contribution in [0, 0.1) is 0 Å². The molecule has 0 bridgehead atoms. The monoisotopic (exact) mass is 315 g/mol. The van der Waals surface area contributed by atoms with Crippen LogP contribution >= 0.6 is 0 Å². The van der Waals surface area contributed by atoms with Crippen molar-refractivity contribution in [3.05, 3.63) is 65.2 Å². The molecule has 0 aromatic heterocycles. The van der Waals surface area contributed by atoms with Crippen molar-refractivity contribution >= 4 is 9.84 Å². The van der Waals surface area contributed by atoms with Gasteiger partial charge in [0.15, 0.2) is 9.84 Å². The summed E-state index contributed by atoms with van der Waals surface area (Å²) in [6.07, 6.45) is 3.41. The van der Waals surface area contributed by atoms with Crippen LogP contribution in [-0.2, 0) is 29.2 Å². The molecule has 1 aliphatic rings. The average molecular weight is 315 g/mol. The van der Waals surface area contributed by atoms with Gasteiger partial charge in [-0.1, -0.05) is 36.4 Å². The smallest absolute Gasteiger partial charge is 0.175 e. The van der Waals surface area contributed by atoms with Crippen molar-refractivity contribution in [3.63, 3.8) is 0 Å². The third kappa shape index (κ3) is 3.57. The van der Waals surface area contributed by atoms with Crippen molar-refractivity contribution in [3.8, 4) is 0 Å². The van der Waals surface area contributed by atoms with Gasteiger partial charge in [-0.25, -0.2) is 8.42 Å². The van der Waals surface area contributed by atoms with Gasteiger partial charge in [-0.05, 0) is 41.7 Å². The first kappa shape index (κ1) is 15.3. The number of rotatable bonds is 3. The minimum absolute atomic E-state index is 0.388. The van der Waals surface area contributed by atoms with Crippen LogP contribution in [0.1, 0.15) is 16.7 Å². The highest BCUT2D eigenvalue weighted by Gasteiger charge is 2.14. The Morgan fingerprint density at radius 1 is 0.909 bits per heavy atom. The highest BCUT2D eigenvalue weighted by Crippen LogP contribution is 2.18. The molecule has 4 heteroatoms. The van der Waals surface area contributed by atoms with E-state index in [2.05, 4.69) is 29.2 Å². The Kier molecular flexibility index (Phi) is 4.32. The molecule has 0 saturated heterocycles. The summed E-state index contributed by atoms with van der Waals surface area (Å²) in [5, 5.41) is 0. The lowest BCUT2D eigenvalue weighted by molar-refractivity contribution is 0.279. The quantitative estimate of drug-likeness (QED) is 0.874. The second-order valence-electron chi connectivity index (χ2n) is 5.96. The first-order chi connectivity index (χ1) is 10.5. The Hall–Kier alpha value is -1.65.